The number of para-hydroxylation sites is 1. The molecule has 1 N–H and O–H groups in total. The van der Waals surface area contributed by atoms with E-state index in [0.29, 0.717) is 5.76 Å². The van der Waals surface area contributed by atoms with Gasteiger partial charge in [-0.05, 0) is 67.9 Å². The molecule has 1 aliphatic rings. The second-order valence-electron chi connectivity index (χ2n) is 10.7. The average Bonchev–Trinajstić information content (AvgIpc) is 3.14. The number of carbonyl (C=O) groups excluding carboxylic acids is 2. The third-order valence-electron chi connectivity index (χ3n) is 7.28. The molecule has 0 unspecified atom stereocenters. The van der Waals surface area contributed by atoms with Gasteiger partial charge in [-0.2, -0.15) is 0 Å². The fourth-order valence-corrected chi connectivity index (χ4v) is 5.18. The van der Waals surface area contributed by atoms with Crippen molar-refractivity contribution in [2.45, 2.75) is 54.1 Å². The molecule has 1 heterocycles. The van der Waals surface area contributed by atoms with Crippen molar-refractivity contribution in [3.05, 3.63) is 101 Å². The van der Waals surface area contributed by atoms with Crippen LogP contribution < -0.4 is 5.32 Å². The van der Waals surface area contributed by atoms with E-state index < -0.39 is 6.04 Å². The Morgan fingerprint density at radius 2 is 1.67 bits per heavy atom. The molecule has 0 spiro atoms. The molecule has 5 nitrogen and oxygen atoms in total. The zero-order valence-electron chi connectivity index (χ0n) is 22.0. The predicted octanol–water partition coefficient (Wildman–Crippen LogP) is 6.84. The zero-order valence-corrected chi connectivity index (χ0v) is 22.0. The van der Waals surface area contributed by atoms with Crippen LogP contribution in [0.2, 0.25) is 0 Å². The first-order valence-electron chi connectivity index (χ1n) is 12.5. The summed E-state index contributed by atoms with van der Waals surface area (Å²) in [5, 5.41) is 3.14. The fraction of sp³-hybridized carbons (Fsp3) is 0.355. The lowest BCUT2D eigenvalue weighted by molar-refractivity contribution is -0.142. The summed E-state index contributed by atoms with van der Waals surface area (Å²) in [4.78, 5) is 29.9. The minimum Gasteiger partial charge on any atom is -0.467 e. The van der Waals surface area contributed by atoms with Gasteiger partial charge in [0.25, 0.3) is 5.91 Å². The van der Waals surface area contributed by atoms with Crippen molar-refractivity contribution in [2.24, 2.45) is 17.3 Å². The molecule has 5 heteroatoms. The molecule has 1 saturated carbocycles. The van der Waals surface area contributed by atoms with Gasteiger partial charge in [-0.1, -0.05) is 74.0 Å². The van der Waals surface area contributed by atoms with E-state index in [2.05, 4.69) is 39.1 Å². The summed E-state index contributed by atoms with van der Waals surface area (Å²) in [6, 6.07) is 18.3. The van der Waals surface area contributed by atoms with Crippen LogP contribution in [0, 0.1) is 31.1 Å². The van der Waals surface area contributed by atoms with E-state index in [9.17, 15) is 9.59 Å². The smallest absolute Gasteiger partial charge is 0.251 e. The van der Waals surface area contributed by atoms with Gasteiger partial charge in [-0.25, -0.2) is 0 Å². The van der Waals surface area contributed by atoms with Crippen LogP contribution in [0.25, 0.3) is 0 Å². The maximum Gasteiger partial charge on any atom is 0.251 e. The number of nitrogens with zero attached hydrogens (tertiary/aromatic N) is 1. The van der Waals surface area contributed by atoms with Gasteiger partial charge in [0.05, 0.1) is 18.7 Å². The summed E-state index contributed by atoms with van der Waals surface area (Å²) in [6.45, 7) is 12.5. The predicted molar refractivity (Wildman–Crippen MR) is 143 cm³/mol. The van der Waals surface area contributed by atoms with Gasteiger partial charge in [-0.15, -0.1) is 0 Å². The van der Waals surface area contributed by atoms with E-state index in [-0.39, 0.29) is 35.6 Å². The fourth-order valence-electron chi connectivity index (χ4n) is 5.18. The molecule has 2 amide bonds. The molecule has 0 saturated heterocycles. The third kappa shape index (κ3) is 5.15. The Hall–Kier alpha value is -3.60. The Balaban J connectivity index is 1.76. The van der Waals surface area contributed by atoms with Crippen LogP contribution in [-0.4, -0.2) is 16.7 Å². The maximum absolute atomic E-state index is 14.2. The molecule has 1 aromatic heterocycles. The van der Waals surface area contributed by atoms with Crippen molar-refractivity contribution in [3.63, 3.8) is 0 Å². The summed E-state index contributed by atoms with van der Waals surface area (Å²) < 4.78 is 5.64. The van der Waals surface area contributed by atoms with Crippen LogP contribution in [0.5, 0.6) is 0 Å². The van der Waals surface area contributed by atoms with Gasteiger partial charge in [0.15, 0.2) is 0 Å². The molecule has 0 bridgehead atoms. The monoisotopic (exact) mass is 484 g/mol. The lowest BCUT2D eigenvalue weighted by Gasteiger charge is -2.32. The summed E-state index contributed by atoms with van der Waals surface area (Å²) in [5.74, 6) is 0.287. The highest BCUT2D eigenvalue weighted by Gasteiger charge is 2.62. The first-order valence-corrected chi connectivity index (χ1v) is 12.5. The van der Waals surface area contributed by atoms with Gasteiger partial charge in [0.1, 0.15) is 11.8 Å². The minimum absolute atomic E-state index is 0.0376. The van der Waals surface area contributed by atoms with Crippen molar-refractivity contribution >= 4 is 17.5 Å². The molecular weight excluding hydrogens is 448 g/mol. The maximum atomic E-state index is 14.2. The first-order chi connectivity index (χ1) is 17.1. The molecule has 1 fully saturated rings. The third-order valence-corrected chi connectivity index (χ3v) is 7.28. The van der Waals surface area contributed by atoms with Crippen molar-refractivity contribution in [2.75, 3.05) is 5.32 Å². The number of amides is 2. The number of carbonyl (C=O) groups is 2. The van der Waals surface area contributed by atoms with Gasteiger partial charge in [0, 0.05) is 5.69 Å². The lowest BCUT2D eigenvalue weighted by Crippen LogP contribution is -2.42. The van der Waals surface area contributed by atoms with Crippen LogP contribution in [0.15, 0.2) is 83.0 Å². The number of anilines is 1. The Labute approximate surface area is 214 Å². The second-order valence-corrected chi connectivity index (χ2v) is 10.7. The van der Waals surface area contributed by atoms with E-state index in [1.54, 1.807) is 17.2 Å². The quantitative estimate of drug-likeness (QED) is 0.356. The molecule has 3 atom stereocenters. The number of hydrogen-bond acceptors (Lipinski definition) is 3. The van der Waals surface area contributed by atoms with Crippen LogP contribution in [0.1, 0.15) is 56.2 Å². The standard InChI is InChI=1S/C31H36N2O3/c1-20(2)18-25-26(31(25,5)6)30(35)33(19-24-16-11-17-36-24)28(23-14-8-7-9-15-23)29(34)32-27-21(3)12-10-13-22(27)4/h7-18,25-26,28H,19H2,1-6H3,(H,32,34)/t25-,26-,28+/m1/s1. The van der Waals surface area contributed by atoms with E-state index >= 15 is 0 Å². The van der Waals surface area contributed by atoms with Crippen molar-refractivity contribution in [1.82, 2.24) is 4.90 Å². The second kappa shape index (κ2) is 10.2. The number of nitrogens with one attached hydrogen (secondary N) is 1. The number of furan rings is 1. The lowest BCUT2D eigenvalue weighted by atomic mass is 10.0. The molecule has 4 rings (SSSR count). The zero-order chi connectivity index (χ0) is 26.0. The van der Waals surface area contributed by atoms with Crippen LogP contribution in [0.3, 0.4) is 0 Å². The molecule has 1 aliphatic carbocycles. The molecule has 36 heavy (non-hydrogen) atoms. The summed E-state index contributed by atoms with van der Waals surface area (Å²) >= 11 is 0. The van der Waals surface area contributed by atoms with Crippen molar-refractivity contribution < 1.29 is 14.0 Å². The Morgan fingerprint density at radius 3 is 2.25 bits per heavy atom. The van der Waals surface area contributed by atoms with E-state index in [0.717, 1.165) is 22.4 Å². The highest BCUT2D eigenvalue weighted by atomic mass is 16.3. The van der Waals surface area contributed by atoms with E-state index in [4.69, 9.17) is 4.42 Å². The van der Waals surface area contributed by atoms with Gasteiger partial charge >= 0.3 is 0 Å². The number of benzene rings is 2. The normalized spacial score (nSPS) is 18.7. The Kier molecular flexibility index (Phi) is 7.21. The summed E-state index contributed by atoms with van der Waals surface area (Å²) in [5.41, 5.74) is 4.51. The average molecular weight is 485 g/mol. The van der Waals surface area contributed by atoms with Crippen LogP contribution >= 0.6 is 0 Å². The largest absolute Gasteiger partial charge is 0.467 e. The summed E-state index contributed by atoms with van der Waals surface area (Å²) in [6.07, 6.45) is 3.78. The number of rotatable bonds is 8. The van der Waals surface area contributed by atoms with Crippen molar-refractivity contribution in [1.29, 1.82) is 0 Å². The molecule has 2 aromatic carbocycles. The molecule has 0 aliphatic heterocycles. The van der Waals surface area contributed by atoms with Crippen LogP contribution in [-0.2, 0) is 16.1 Å². The molecular formula is C31H36N2O3. The van der Waals surface area contributed by atoms with Gasteiger partial charge in [-0.3, -0.25) is 9.59 Å². The van der Waals surface area contributed by atoms with E-state index in [1.807, 2.05) is 68.4 Å². The van der Waals surface area contributed by atoms with Gasteiger partial charge in [0.2, 0.25) is 5.91 Å². The minimum atomic E-state index is -0.813. The number of aryl methyl sites for hydroxylation is 2. The molecule has 188 valence electrons. The SMILES string of the molecule is CC(C)=C[C@@H]1[C@H](C(=O)N(Cc2ccco2)[C@H](C(=O)Nc2c(C)cccc2C)c2ccccc2)C1(C)C. The number of hydrogen-bond donors (Lipinski definition) is 1. The van der Waals surface area contributed by atoms with E-state index in [1.165, 1.54) is 5.57 Å². The highest BCUT2D eigenvalue weighted by Crippen LogP contribution is 2.60. The Morgan fingerprint density at radius 1 is 1.00 bits per heavy atom. The highest BCUT2D eigenvalue weighted by molar-refractivity contribution is 5.99. The number of allylic oxidation sites excluding steroid dienone is 2. The summed E-state index contributed by atoms with van der Waals surface area (Å²) in [7, 11) is 0. The molecule has 0 radical (unpaired) electrons. The topological polar surface area (TPSA) is 62.6 Å². The van der Waals surface area contributed by atoms with Crippen molar-refractivity contribution in [3.8, 4) is 0 Å². The molecule has 3 aromatic rings. The first kappa shape index (κ1) is 25.5. The Bertz CT molecular complexity index is 1230. The van der Waals surface area contributed by atoms with Crippen LogP contribution in [0.4, 0.5) is 5.69 Å². The van der Waals surface area contributed by atoms with Gasteiger partial charge < -0.3 is 14.6 Å².